The molecule has 1 heterocycles. The molecule has 0 aromatic heterocycles. The van der Waals surface area contributed by atoms with Gasteiger partial charge in [-0.2, -0.15) is 0 Å². The van der Waals surface area contributed by atoms with Crippen LogP contribution in [-0.4, -0.2) is 42.9 Å². The zero-order valence-corrected chi connectivity index (χ0v) is 11.6. The van der Waals surface area contributed by atoms with Crippen molar-refractivity contribution in [1.29, 1.82) is 0 Å². The Balaban J connectivity index is 1.59. The highest BCUT2D eigenvalue weighted by atomic mass is 16.2. The summed E-state index contributed by atoms with van der Waals surface area (Å²) in [5, 5.41) is 5.71. The van der Waals surface area contributed by atoms with Crippen LogP contribution >= 0.6 is 0 Å². The molecule has 2 rings (SSSR count). The van der Waals surface area contributed by atoms with Crippen molar-refractivity contribution >= 4 is 11.8 Å². The number of rotatable bonds is 6. The Morgan fingerprint density at radius 1 is 1.05 bits per heavy atom. The van der Waals surface area contributed by atoms with Crippen molar-refractivity contribution in [3.63, 3.8) is 0 Å². The second-order valence-corrected chi connectivity index (χ2v) is 4.95. The fraction of sp³-hybridized carbons (Fsp3) is 0.467. The lowest BCUT2D eigenvalue weighted by atomic mass is 10.2. The number of nitrogens with zero attached hydrogens (tertiary/aromatic N) is 1. The monoisotopic (exact) mass is 275 g/mol. The van der Waals surface area contributed by atoms with Crippen molar-refractivity contribution in [2.75, 3.05) is 26.2 Å². The molecule has 0 saturated carbocycles. The fourth-order valence-electron chi connectivity index (χ4n) is 2.22. The van der Waals surface area contributed by atoms with Gasteiger partial charge in [-0.1, -0.05) is 30.3 Å². The number of carbonyl (C=O) groups excluding carboxylic acids is 2. The number of benzene rings is 1. The standard InChI is InChI=1S/C15H21N3O2/c19-14(17-10-13-6-2-1-3-7-13)11-16-12-15(20)18-8-4-5-9-18/h1-3,6-7,16H,4-5,8-12H2,(H,17,19). The largest absolute Gasteiger partial charge is 0.351 e. The zero-order chi connectivity index (χ0) is 14.2. The number of carbonyl (C=O) groups is 2. The lowest BCUT2D eigenvalue weighted by Crippen LogP contribution is -2.40. The number of hydrogen-bond donors (Lipinski definition) is 2. The van der Waals surface area contributed by atoms with Gasteiger partial charge >= 0.3 is 0 Å². The highest BCUT2D eigenvalue weighted by Gasteiger charge is 2.17. The number of hydrogen-bond acceptors (Lipinski definition) is 3. The van der Waals surface area contributed by atoms with Gasteiger partial charge in [-0.05, 0) is 18.4 Å². The van der Waals surface area contributed by atoms with Gasteiger partial charge in [-0.15, -0.1) is 0 Å². The molecule has 0 unspecified atom stereocenters. The first-order chi connectivity index (χ1) is 9.75. The van der Waals surface area contributed by atoms with Crippen LogP contribution in [0.5, 0.6) is 0 Å². The first-order valence-electron chi connectivity index (χ1n) is 7.05. The van der Waals surface area contributed by atoms with E-state index in [-0.39, 0.29) is 24.9 Å². The maximum atomic E-state index is 11.7. The summed E-state index contributed by atoms with van der Waals surface area (Å²) in [5.74, 6) is -0.0126. The lowest BCUT2D eigenvalue weighted by molar-refractivity contribution is -0.129. The summed E-state index contributed by atoms with van der Waals surface area (Å²) < 4.78 is 0. The topological polar surface area (TPSA) is 61.4 Å². The third-order valence-corrected chi connectivity index (χ3v) is 3.35. The van der Waals surface area contributed by atoms with Gasteiger partial charge in [0.1, 0.15) is 0 Å². The highest BCUT2D eigenvalue weighted by Crippen LogP contribution is 2.06. The Morgan fingerprint density at radius 3 is 2.45 bits per heavy atom. The molecule has 1 aromatic rings. The lowest BCUT2D eigenvalue weighted by Gasteiger charge is -2.15. The summed E-state index contributed by atoms with van der Waals surface area (Å²) in [7, 11) is 0. The van der Waals surface area contributed by atoms with E-state index in [9.17, 15) is 9.59 Å². The molecular weight excluding hydrogens is 254 g/mol. The van der Waals surface area contributed by atoms with Gasteiger partial charge in [0.05, 0.1) is 13.1 Å². The molecule has 108 valence electrons. The van der Waals surface area contributed by atoms with Crippen LogP contribution in [-0.2, 0) is 16.1 Å². The van der Waals surface area contributed by atoms with Crippen LogP contribution in [0.3, 0.4) is 0 Å². The molecular formula is C15H21N3O2. The second kappa shape index (κ2) is 7.65. The zero-order valence-electron chi connectivity index (χ0n) is 11.6. The fourth-order valence-corrected chi connectivity index (χ4v) is 2.22. The second-order valence-electron chi connectivity index (χ2n) is 4.95. The molecule has 1 aliphatic heterocycles. The highest BCUT2D eigenvalue weighted by molar-refractivity contribution is 5.81. The van der Waals surface area contributed by atoms with Gasteiger partial charge in [0.15, 0.2) is 0 Å². The van der Waals surface area contributed by atoms with E-state index in [1.54, 1.807) is 0 Å². The van der Waals surface area contributed by atoms with Crippen LogP contribution in [0.2, 0.25) is 0 Å². The molecule has 5 nitrogen and oxygen atoms in total. The van der Waals surface area contributed by atoms with E-state index in [1.807, 2.05) is 35.2 Å². The van der Waals surface area contributed by atoms with Crippen molar-refractivity contribution in [3.8, 4) is 0 Å². The van der Waals surface area contributed by atoms with E-state index in [4.69, 9.17) is 0 Å². The molecule has 1 aliphatic rings. The Bertz CT molecular complexity index is 442. The van der Waals surface area contributed by atoms with Crippen LogP contribution in [0, 0.1) is 0 Å². The maximum Gasteiger partial charge on any atom is 0.236 e. The quantitative estimate of drug-likeness (QED) is 0.795. The third-order valence-electron chi connectivity index (χ3n) is 3.35. The van der Waals surface area contributed by atoms with Crippen LogP contribution in [0.4, 0.5) is 0 Å². The summed E-state index contributed by atoms with van der Waals surface area (Å²) in [4.78, 5) is 25.2. The van der Waals surface area contributed by atoms with Crippen LogP contribution in [0.1, 0.15) is 18.4 Å². The number of likely N-dealkylation sites (tertiary alicyclic amines) is 1. The normalized spacial score (nSPS) is 14.3. The maximum absolute atomic E-state index is 11.7. The Hall–Kier alpha value is -1.88. The van der Waals surface area contributed by atoms with Crippen molar-refractivity contribution in [2.24, 2.45) is 0 Å². The first kappa shape index (κ1) is 14.5. The Morgan fingerprint density at radius 2 is 1.75 bits per heavy atom. The minimum absolute atomic E-state index is 0.0818. The number of amides is 2. The van der Waals surface area contributed by atoms with Gasteiger partial charge in [0.25, 0.3) is 0 Å². The van der Waals surface area contributed by atoms with Gasteiger partial charge in [0, 0.05) is 19.6 Å². The summed E-state index contributed by atoms with van der Waals surface area (Å²) in [6.07, 6.45) is 2.17. The van der Waals surface area contributed by atoms with E-state index in [2.05, 4.69) is 10.6 Å². The Labute approximate surface area is 119 Å². The molecule has 2 amide bonds. The summed E-state index contributed by atoms with van der Waals surface area (Å²) >= 11 is 0. The first-order valence-corrected chi connectivity index (χ1v) is 7.05. The van der Waals surface area contributed by atoms with E-state index in [0.29, 0.717) is 6.54 Å². The van der Waals surface area contributed by atoms with Gasteiger partial charge in [-0.3, -0.25) is 14.9 Å². The molecule has 0 aliphatic carbocycles. The molecule has 2 N–H and O–H groups in total. The Kier molecular flexibility index (Phi) is 5.55. The summed E-state index contributed by atoms with van der Waals surface area (Å²) in [6.45, 7) is 2.62. The SMILES string of the molecule is O=C(CNCC(=O)N1CCCC1)NCc1ccccc1. The summed E-state index contributed by atoms with van der Waals surface area (Å²) in [6, 6.07) is 9.75. The molecule has 1 fully saturated rings. The van der Waals surface area contributed by atoms with Crippen molar-refractivity contribution < 1.29 is 9.59 Å². The van der Waals surface area contributed by atoms with Crippen LogP contribution in [0.25, 0.3) is 0 Å². The van der Waals surface area contributed by atoms with Crippen LogP contribution < -0.4 is 10.6 Å². The third kappa shape index (κ3) is 4.66. The molecule has 0 bridgehead atoms. The molecule has 0 radical (unpaired) electrons. The molecule has 0 atom stereocenters. The average molecular weight is 275 g/mol. The minimum Gasteiger partial charge on any atom is -0.351 e. The van der Waals surface area contributed by atoms with Gasteiger partial charge in [0.2, 0.25) is 11.8 Å². The van der Waals surface area contributed by atoms with Crippen molar-refractivity contribution in [2.45, 2.75) is 19.4 Å². The molecule has 5 heteroatoms. The summed E-state index contributed by atoms with van der Waals surface area (Å²) in [5.41, 5.74) is 1.06. The predicted octanol–water partition coefficient (Wildman–Crippen LogP) is 0.515. The van der Waals surface area contributed by atoms with Gasteiger partial charge < -0.3 is 10.2 Å². The van der Waals surface area contributed by atoms with E-state index in [1.165, 1.54) is 0 Å². The molecule has 1 saturated heterocycles. The predicted molar refractivity (Wildman–Crippen MR) is 77.0 cm³/mol. The molecule has 0 spiro atoms. The van der Waals surface area contributed by atoms with E-state index in [0.717, 1.165) is 31.5 Å². The minimum atomic E-state index is -0.0944. The van der Waals surface area contributed by atoms with Gasteiger partial charge in [-0.25, -0.2) is 0 Å². The molecule has 1 aromatic carbocycles. The average Bonchev–Trinajstić information content (AvgIpc) is 3.00. The van der Waals surface area contributed by atoms with E-state index < -0.39 is 0 Å². The van der Waals surface area contributed by atoms with E-state index >= 15 is 0 Å². The van der Waals surface area contributed by atoms with Crippen LogP contribution in [0.15, 0.2) is 30.3 Å². The molecule has 20 heavy (non-hydrogen) atoms. The smallest absolute Gasteiger partial charge is 0.236 e. The van der Waals surface area contributed by atoms with Crippen molar-refractivity contribution in [3.05, 3.63) is 35.9 Å². The van der Waals surface area contributed by atoms with Crippen molar-refractivity contribution in [1.82, 2.24) is 15.5 Å². The number of nitrogens with one attached hydrogen (secondary N) is 2.